The number of hydrogen-bond donors (Lipinski definition) is 1. The summed E-state index contributed by atoms with van der Waals surface area (Å²) in [6.45, 7) is 6.69. The standard InChI is InChI=1S/C13H17FN2O3/c1-8(12(18)19-13(2,3)4)16-11(17)9-5-10(14)7-15-6-9/h5-8H,1-4H3,(H,16,17)/t8-/m0/s1. The molecule has 1 aromatic heterocycles. The zero-order valence-corrected chi connectivity index (χ0v) is 11.4. The Kier molecular flexibility index (Phi) is 4.58. The van der Waals surface area contributed by atoms with E-state index < -0.39 is 29.3 Å². The Morgan fingerprint density at radius 1 is 1.37 bits per heavy atom. The van der Waals surface area contributed by atoms with Gasteiger partial charge in [0.2, 0.25) is 0 Å². The molecule has 1 amide bonds. The summed E-state index contributed by atoms with van der Waals surface area (Å²) in [5.74, 6) is -1.74. The molecule has 1 aromatic rings. The lowest BCUT2D eigenvalue weighted by molar-refractivity contribution is -0.156. The van der Waals surface area contributed by atoms with Gasteiger partial charge in [0.05, 0.1) is 11.8 Å². The average molecular weight is 268 g/mol. The van der Waals surface area contributed by atoms with Gasteiger partial charge in [-0.2, -0.15) is 0 Å². The van der Waals surface area contributed by atoms with Crippen LogP contribution in [0.15, 0.2) is 18.5 Å². The Labute approximate surface area is 111 Å². The summed E-state index contributed by atoms with van der Waals surface area (Å²) in [7, 11) is 0. The molecule has 1 atom stereocenters. The largest absolute Gasteiger partial charge is 0.458 e. The zero-order valence-electron chi connectivity index (χ0n) is 11.4. The number of nitrogens with one attached hydrogen (secondary N) is 1. The van der Waals surface area contributed by atoms with Crippen LogP contribution in [0.25, 0.3) is 0 Å². The summed E-state index contributed by atoms with van der Waals surface area (Å²) in [6, 6.07) is 0.222. The van der Waals surface area contributed by atoms with Crippen LogP contribution in [0.2, 0.25) is 0 Å². The van der Waals surface area contributed by atoms with Crippen LogP contribution in [0, 0.1) is 5.82 Å². The molecular weight excluding hydrogens is 251 g/mol. The van der Waals surface area contributed by atoms with E-state index >= 15 is 0 Å². The van der Waals surface area contributed by atoms with Crippen molar-refractivity contribution in [3.8, 4) is 0 Å². The first-order chi connectivity index (χ1) is 8.69. The summed E-state index contributed by atoms with van der Waals surface area (Å²) in [6.07, 6.45) is 2.22. The second-order valence-electron chi connectivity index (χ2n) is 5.12. The zero-order chi connectivity index (χ0) is 14.6. The molecule has 0 fully saturated rings. The lowest BCUT2D eigenvalue weighted by Crippen LogP contribution is -2.42. The van der Waals surface area contributed by atoms with Crippen LogP contribution in [0.4, 0.5) is 4.39 Å². The lowest BCUT2D eigenvalue weighted by Gasteiger charge is -2.22. The van der Waals surface area contributed by atoms with Crippen LogP contribution in [-0.2, 0) is 9.53 Å². The molecule has 0 aliphatic heterocycles. The summed E-state index contributed by atoms with van der Waals surface area (Å²) < 4.78 is 18.0. The van der Waals surface area contributed by atoms with Crippen LogP contribution in [0.3, 0.4) is 0 Å². The van der Waals surface area contributed by atoms with Crippen LogP contribution in [0.5, 0.6) is 0 Å². The van der Waals surface area contributed by atoms with E-state index in [4.69, 9.17) is 4.74 Å². The van der Waals surface area contributed by atoms with Gasteiger partial charge in [0.1, 0.15) is 17.5 Å². The molecule has 6 heteroatoms. The number of rotatable bonds is 3. The number of hydrogen-bond acceptors (Lipinski definition) is 4. The molecule has 0 aromatic carbocycles. The smallest absolute Gasteiger partial charge is 0.328 e. The normalized spacial score (nSPS) is 12.7. The minimum Gasteiger partial charge on any atom is -0.458 e. The Hall–Kier alpha value is -1.98. The molecule has 0 aliphatic rings. The van der Waals surface area contributed by atoms with E-state index in [0.29, 0.717) is 0 Å². The first kappa shape index (κ1) is 15.1. The maximum absolute atomic E-state index is 12.9. The van der Waals surface area contributed by atoms with Gasteiger partial charge in [0.15, 0.2) is 0 Å². The molecule has 19 heavy (non-hydrogen) atoms. The number of pyridine rings is 1. The van der Waals surface area contributed by atoms with Gasteiger partial charge in [-0.25, -0.2) is 9.18 Å². The average Bonchev–Trinajstić information content (AvgIpc) is 2.26. The predicted molar refractivity (Wildman–Crippen MR) is 67.0 cm³/mol. The third kappa shape index (κ3) is 5.03. The Morgan fingerprint density at radius 2 is 2.00 bits per heavy atom. The topological polar surface area (TPSA) is 68.3 Å². The van der Waals surface area contributed by atoms with Gasteiger partial charge in [-0.1, -0.05) is 0 Å². The minimum absolute atomic E-state index is 0.0513. The predicted octanol–water partition coefficient (Wildman–Crippen LogP) is 1.68. The van der Waals surface area contributed by atoms with Crippen molar-refractivity contribution in [3.63, 3.8) is 0 Å². The van der Waals surface area contributed by atoms with Crippen molar-refractivity contribution < 1.29 is 18.7 Å². The van der Waals surface area contributed by atoms with E-state index in [-0.39, 0.29) is 5.56 Å². The Balaban J connectivity index is 2.64. The molecule has 1 heterocycles. The van der Waals surface area contributed by atoms with Gasteiger partial charge in [-0.3, -0.25) is 9.78 Å². The van der Waals surface area contributed by atoms with E-state index in [1.807, 2.05) is 0 Å². The van der Waals surface area contributed by atoms with E-state index in [1.165, 1.54) is 13.1 Å². The van der Waals surface area contributed by atoms with Gasteiger partial charge in [0, 0.05) is 6.20 Å². The summed E-state index contributed by atoms with van der Waals surface area (Å²) >= 11 is 0. The molecule has 0 aliphatic carbocycles. The Bertz CT molecular complexity index is 483. The van der Waals surface area contributed by atoms with Crippen molar-refractivity contribution in [3.05, 3.63) is 29.8 Å². The van der Waals surface area contributed by atoms with E-state index in [0.717, 1.165) is 12.3 Å². The number of esters is 1. The van der Waals surface area contributed by atoms with E-state index in [2.05, 4.69) is 10.3 Å². The van der Waals surface area contributed by atoms with Crippen molar-refractivity contribution >= 4 is 11.9 Å². The number of carbonyl (C=O) groups is 2. The highest BCUT2D eigenvalue weighted by Crippen LogP contribution is 2.09. The van der Waals surface area contributed by atoms with Crippen molar-refractivity contribution in [1.29, 1.82) is 0 Å². The van der Waals surface area contributed by atoms with Gasteiger partial charge < -0.3 is 10.1 Å². The molecule has 1 rings (SSSR count). The molecule has 104 valence electrons. The lowest BCUT2D eigenvalue weighted by atomic mass is 10.2. The molecule has 0 spiro atoms. The van der Waals surface area contributed by atoms with Crippen molar-refractivity contribution in [2.75, 3.05) is 0 Å². The highest BCUT2D eigenvalue weighted by molar-refractivity contribution is 5.96. The first-order valence-corrected chi connectivity index (χ1v) is 5.83. The minimum atomic E-state index is -0.824. The molecule has 0 saturated carbocycles. The number of carbonyl (C=O) groups excluding carboxylic acids is 2. The maximum Gasteiger partial charge on any atom is 0.328 e. The van der Waals surface area contributed by atoms with Gasteiger partial charge in [0.25, 0.3) is 5.91 Å². The maximum atomic E-state index is 12.9. The first-order valence-electron chi connectivity index (χ1n) is 5.83. The van der Waals surface area contributed by atoms with E-state index in [1.54, 1.807) is 20.8 Å². The summed E-state index contributed by atoms with van der Waals surface area (Å²) in [5, 5.41) is 2.43. The molecule has 1 N–H and O–H groups in total. The van der Waals surface area contributed by atoms with Crippen LogP contribution in [0.1, 0.15) is 38.1 Å². The Morgan fingerprint density at radius 3 is 2.53 bits per heavy atom. The molecule has 5 nitrogen and oxygen atoms in total. The van der Waals surface area contributed by atoms with Crippen molar-refractivity contribution in [2.24, 2.45) is 0 Å². The monoisotopic (exact) mass is 268 g/mol. The fourth-order valence-corrected chi connectivity index (χ4v) is 1.27. The number of halogens is 1. The third-order valence-corrected chi connectivity index (χ3v) is 2.07. The molecule has 0 radical (unpaired) electrons. The summed E-state index contributed by atoms with van der Waals surface area (Å²) in [4.78, 5) is 27.0. The number of amides is 1. The fraction of sp³-hybridized carbons (Fsp3) is 0.462. The van der Waals surface area contributed by atoms with Crippen LogP contribution >= 0.6 is 0 Å². The van der Waals surface area contributed by atoms with Crippen molar-refractivity contribution in [2.45, 2.75) is 39.3 Å². The van der Waals surface area contributed by atoms with Gasteiger partial charge >= 0.3 is 5.97 Å². The number of aromatic nitrogens is 1. The molecule has 0 bridgehead atoms. The third-order valence-electron chi connectivity index (χ3n) is 2.07. The van der Waals surface area contributed by atoms with Crippen LogP contribution < -0.4 is 5.32 Å². The second-order valence-corrected chi connectivity index (χ2v) is 5.12. The molecule has 0 saturated heterocycles. The summed E-state index contributed by atoms with van der Waals surface area (Å²) in [5.41, 5.74) is -0.577. The van der Waals surface area contributed by atoms with Crippen molar-refractivity contribution in [1.82, 2.24) is 10.3 Å². The SMILES string of the molecule is C[C@H](NC(=O)c1cncc(F)c1)C(=O)OC(C)(C)C. The highest BCUT2D eigenvalue weighted by Gasteiger charge is 2.23. The van der Waals surface area contributed by atoms with Gasteiger partial charge in [-0.05, 0) is 33.8 Å². The number of nitrogens with zero attached hydrogens (tertiary/aromatic N) is 1. The molecular formula is C13H17FN2O3. The fourth-order valence-electron chi connectivity index (χ4n) is 1.27. The highest BCUT2D eigenvalue weighted by atomic mass is 19.1. The number of ether oxygens (including phenoxy) is 1. The molecule has 0 unspecified atom stereocenters. The van der Waals surface area contributed by atoms with Gasteiger partial charge in [-0.15, -0.1) is 0 Å². The quantitative estimate of drug-likeness (QED) is 0.847. The second kappa shape index (κ2) is 5.77. The van der Waals surface area contributed by atoms with E-state index in [9.17, 15) is 14.0 Å². The van der Waals surface area contributed by atoms with Crippen LogP contribution in [-0.4, -0.2) is 28.5 Å².